The highest BCUT2D eigenvalue weighted by atomic mass is 15.0. The van der Waals surface area contributed by atoms with Gasteiger partial charge in [0.15, 0.2) is 17.6 Å². The van der Waals surface area contributed by atoms with Gasteiger partial charge in [0.05, 0.1) is 0 Å². The van der Waals surface area contributed by atoms with E-state index in [1.807, 2.05) is 0 Å². The van der Waals surface area contributed by atoms with Gasteiger partial charge < -0.3 is 17.2 Å². The predicted octanol–water partition coefficient (Wildman–Crippen LogP) is -1.83. The van der Waals surface area contributed by atoms with Crippen LogP contribution in [0, 0.1) is 10.8 Å². The van der Waals surface area contributed by atoms with E-state index >= 15 is 0 Å². The zero-order valence-electron chi connectivity index (χ0n) is 4.68. The number of hydrogen-bond donors (Lipinski definition) is 5. The highest BCUT2D eigenvalue weighted by molar-refractivity contribution is 6.39. The number of nitrogens with one attached hydrogen (secondary N) is 2. The van der Waals surface area contributed by atoms with Gasteiger partial charge >= 0.3 is 0 Å². The lowest BCUT2D eigenvalue weighted by Crippen LogP contribution is -2.28. The maximum Gasteiger partial charge on any atom is 0.192 e. The van der Waals surface area contributed by atoms with Crippen LogP contribution in [-0.4, -0.2) is 17.6 Å². The fraction of sp³-hybridized carbons (Fsp3) is 0. The first-order valence-corrected chi connectivity index (χ1v) is 2.06. The van der Waals surface area contributed by atoms with Crippen molar-refractivity contribution in [3.05, 3.63) is 0 Å². The molecule has 0 fully saturated rings. The quantitative estimate of drug-likeness (QED) is 0.194. The van der Waals surface area contributed by atoms with Crippen LogP contribution in [-0.2, 0) is 0 Å². The summed E-state index contributed by atoms with van der Waals surface area (Å²) >= 11 is 0. The molecule has 9 heavy (non-hydrogen) atoms. The summed E-state index contributed by atoms with van der Waals surface area (Å²) in [6, 6.07) is 0. The van der Waals surface area contributed by atoms with E-state index in [0.717, 1.165) is 0 Å². The van der Waals surface area contributed by atoms with Gasteiger partial charge in [0.2, 0.25) is 0 Å². The molecule has 0 aromatic carbocycles. The lowest BCUT2D eigenvalue weighted by Gasteiger charge is -1.91. The summed E-state index contributed by atoms with van der Waals surface area (Å²) in [7, 11) is 0. The topological polar surface area (TPSA) is 138 Å². The highest BCUT2D eigenvalue weighted by Crippen LogP contribution is 1.70. The minimum Gasteiger partial charge on any atom is -0.381 e. The molecule has 0 rings (SSSR count). The van der Waals surface area contributed by atoms with Gasteiger partial charge in [-0.25, -0.2) is 0 Å². The van der Waals surface area contributed by atoms with Crippen molar-refractivity contribution >= 4 is 17.6 Å². The van der Waals surface area contributed by atoms with Gasteiger partial charge in [-0.1, -0.05) is 0 Å². The van der Waals surface area contributed by atoms with Crippen LogP contribution < -0.4 is 17.2 Å². The summed E-state index contributed by atoms with van der Waals surface area (Å²) in [6.07, 6.45) is 0. The number of guanidine groups is 1. The number of aliphatic imine (C=N–C) groups is 1. The third kappa shape index (κ3) is 3.03. The second kappa shape index (κ2) is 2.65. The molecule has 0 aliphatic carbocycles. The Morgan fingerprint density at radius 2 is 1.56 bits per heavy atom. The van der Waals surface area contributed by atoms with E-state index in [9.17, 15) is 0 Å². The minimum atomic E-state index is -0.455. The van der Waals surface area contributed by atoms with Gasteiger partial charge in [-0.2, -0.15) is 4.99 Å². The highest BCUT2D eigenvalue weighted by Gasteiger charge is 1.95. The van der Waals surface area contributed by atoms with Crippen molar-refractivity contribution in [3.63, 3.8) is 0 Å². The van der Waals surface area contributed by atoms with Crippen LogP contribution in [0.2, 0.25) is 0 Å². The molecule has 0 spiro atoms. The van der Waals surface area contributed by atoms with Crippen molar-refractivity contribution in [2.45, 2.75) is 0 Å². The second-order valence-corrected chi connectivity index (χ2v) is 1.30. The molecule has 0 heterocycles. The van der Waals surface area contributed by atoms with E-state index < -0.39 is 11.7 Å². The van der Waals surface area contributed by atoms with Crippen molar-refractivity contribution < 1.29 is 0 Å². The van der Waals surface area contributed by atoms with E-state index in [0.29, 0.717) is 0 Å². The third-order valence-electron chi connectivity index (χ3n) is 0.496. The van der Waals surface area contributed by atoms with Gasteiger partial charge in [-0.3, -0.25) is 10.8 Å². The first-order valence-electron chi connectivity index (χ1n) is 2.06. The fourth-order valence-electron chi connectivity index (χ4n) is 0.189. The van der Waals surface area contributed by atoms with Gasteiger partial charge in [-0.05, 0) is 0 Å². The maximum absolute atomic E-state index is 6.78. The Hall–Kier alpha value is -1.59. The number of rotatable bonds is 0. The smallest absolute Gasteiger partial charge is 0.192 e. The molecule has 0 aromatic heterocycles. The zero-order chi connectivity index (χ0) is 7.44. The third-order valence-corrected chi connectivity index (χ3v) is 0.496. The molecular weight excluding hydrogens is 120 g/mol. The summed E-state index contributed by atoms with van der Waals surface area (Å²) in [4.78, 5) is 3.18. The largest absolute Gasteiger partial charge is 0.381 e. The van der Waals surface area contributed by atoms with E-state index in [-0.39, 0.29) is 5.96 Å². The summed E-state index contributed by atoms with van der Waals surface area (Å²) in [5, 5.41) is 13.4. The molecular formula is C3H8N6. The first-order chi connectivity index (χ1) is 4.04. The van der Waals surface area contributed by atoms with Crippen LogP contribution in [0.1, 0.15) is 0 Å². The van der Waals surface area contributed by atoms with Crippen LogP contribution >= 0.6 is 0 Å². The van der Waals surface area contributed by atoms with E-state index in [4.69, 9.17) is 28.0 Å². The molecule has 0 unspecified atom stereocenters. The standard InChI is InChI=1S/C3H8N6/c4-1(5)2(6)9-3(7)8/h(H3,4,5)(H5,6,7,8,9). The number of nitrogens with two attached hydrogens (primary N) is 3. The average molecular weight is 128 g/mol. The molecule has 0 aliphatic heterocycles. The second-order valence-electron chi connectivity index (χ2n) is 1.30. The van der Waals surface area contributed by atoms with Crippen LogP contribution in [0.5, 0.6) is 0 Å². The molecule has 6 nitrogen and oxygen atoms in total. The molecule has 0 saturated carbocycles. The lowest BCUT2D eigenvalue weighted by atomic mass is 10.5. The predicted molar refractivity (Wildman–Crippen MR) is 35.5 cm³/mol. The maximum atomic E-state index is 6.78. The Morgan fingerprint density at radius 1 is 1.11 bits per heavy atom. The number of hydrogen-bond acceptors (Lipinski definition) is 2. The molecule has 0 aromatic rings. The SMILES string of the molecule is N=C(N)C(=N)N=C(N)N. The average Bonchev–Trinajstić information content (AvgIpc) is 1.63. The van der Waals surface area contributed by atoms with Crippen molar-refractivity contribution in [1.29, 1.82) is 10.8 Å². The summed E-state index contributed by atoms with van der Waals surface area (Å²) in [5.41, 5.74) is 14.6. The normalized spacial score (nSPS) is 8.00. The van der Waals surface area contributed by atoms with Crippen molar-refractivity contribution in [2.75, 3.05) is 0 Å². The summed E-state index contributed by atoms with van der Waals surface area (Å²) in [6.45, 7) is 0. The van der Waals surface area contributed by atoms with Gasteiger partial charge in [0.1, 0.15) is 0 Å². The molecule has 8 N–H and O–H groups in total. The number of nitrogens with zero attached hydrogens (tertiary/aromatic N) is 1. The Bertz CT molecular complexity index is 163. The van der Waals surface area contributed by atoms with Crippen molar-refractivity contribution in [2.24, 2.45) is 22.2 Å². The monoisotopic (exact) mass is 128 g/mol. The summed E-state index contributed by atoms with van der Waals surface area (Å²) < 4.78 is 0. The Balaban J connectivity index is 4.09. The number of amidine groups is 2. The molecule has 0 bridgehead atoms. The van der Waals surface area contributed by atoms with Crippen LogP contribution in [0.3, 0.4) is 0 Å². The Kier molecular flexibility index (Phi) is 2.18. The van der Waals surface area contributed by atoms with Gasteiger partial charge in [0, 0.05) is 0 Å². The molecule has 0 amide bonds. The van der Waals surface area contributed by atoms with Gasteiger partial charge in [0.25, 0.3) is 0 Å². The van der Waals surface area contributed by atoms with Crippen molar-refractivity contribution in [1.82, 2.24) is 0 Å². The first kappa shape index (κ1) is 7.41. The molecule has 6 heteroatoms. The molecule has 50 valence electrons. The molecule has 0 radical (unpaired) electrons. The van der Waals surface area contributed by atoms with E-state index in [1.54, 1.807) is 0 Å². The minimum absolute atomic E-state index is 0.268. The van der Waals surface area contributed by atoms with E-state index in [2.05, 4.69) is 4.99 Å². The van der Waals surface area contributed by atoms with Crippen molar-refractivity contribution in [3.8, 4) is 0 Å². The van der Waals surface area contributed by atoms with Crippen LogP contribution in [0.4, 0.5) is 0 Å². The Morgan fingerprint density at radius 3 is 1.67 bits per heavy atom. The van der Waals surface area contributed by atoms with Crippen LogP contribution in [0.15, 0.2) is 4.99 Å². The molecule has 0 saturated heterocycles. The van der Waals surface area contributed by atoms with Crippen LogP contribution in [0.25, 0.3) is 0 Å². The van der Waals surface area contributed by atoms with Gasteiger partial charge in [-0.15, -0.1) is 0 Å². The molecule has 0 aliphatic rings. The Labute approximate surface area is 51.8 Å². The zero-order valence-corrected chi connectivity index (χ0v) is 4.68. The summed E-state index contributed by atoms with van der Waals surface area (Å²) in [5.74, 6) is -1.14. The lowest BCUT2D eigenvalue weighted by molar-refractivity contribution is 1.38. The molecule has 0 atom stereocenters. The fourth-order valence-corrected chi connectivity index (χ4v) is 0.189. The van der Waals surface area contributed by atoms with E-state index in [1.165, 1.54) is 0 Å².